The van der Waals surface area contributed by atoms with Crippen LogP contribution >= 0.6 is 0 Å². The van der Waals surface area contributed by atoms with Crippen LogP contribution in [0.1, 0.15) is 44.9 Å². The quantitative estimate of drug-likeness (QED) is 0.753. The lowest BCUT2D eigenvalue weighted by atomic mass is 10.1. The topological polar surface area (TPSA) is 41.6 Å². The Kier molecular flexibility index (Phi) is 3.91. The van der Waals surface area contributed by atoms with E-state index >= 15 is 0 Å². The van der Waals surface area contributed by atoms with Crippen LogP contribution in [0.15, 0.2) is 18.5 Å². The normalized spacial score (nSPS) is 11.1. The molecule has 0 atom stereocenters. The summed E-state index contributed by atoms with van der Waals surface area (Å²) in [5.41, 5.74) is 2.07. The Bertz CT molecular complexity index is 400. The Morgan fingerprint density at radius 3 is 2.88 bits per heavy atom. The van der Waals surface area contributed by atoms with Crippen molar-refractivity contribution < 1.29 is 0 Å². The minimum Gasteiger partial charge on any atom is -0.341 e. The number of rotatable bonds is 6. The van der Waals surface area contributed by atoms with E-state index in [1.807, 2.05) is 12.3 Å². The molecule has 2 heterocycles. The van der Waals surface area contributed by atoms with Gasteiger partial charge < -0.3 is 4.98 Å². The molecule has 86 valence electrons. The SMILES string of the molecule is CCCCCCCc1nc2ccncc2[nH]1. The number of imidazole rings is 1. The fourth-order valence-electron chi connectivity index (χ4n) is 1.92. The molecular weight excluding hydrogens is 198 g/mol. The van der Waals surface area contributed by atoms with Crippen LogP contribution in [0.4, 0.5) is 0 Å². The number of pyridine rings is 1. The van der Waals surface area contributed by atoms with E-state index < -0.39 is 0 Å². The molecule has 2 aromatic heterocycles. The summed E-state index contributed by atoms with van der Waals surface area (Å²) < 4.78 is 0. The number of fused-ring (bicyclic) bond motifs is 1. The van der Waals surface area contributed by atoms with Gasteiger partial charge in [0.15, 0.2) is 0 Å². The Morgan fingerprint density at radius 1 is 1.19 bits per heavy atom. The summed E-state index contributed by atoms with van der Waals surface area (Å²) in [4.78, 5) is 11.9. The van der Waals surface area contributed by atoms with E-state index in [1.165, 1.54) is 32.1 Å². The smallest absolute Gasteiger partial charge is 0.107 e. The number of aromatic nitrogens is 3. The Hall–Kier alpha value is -1.38. The first-order chi connectivity index (χ1) is 7.90. The second-order valence-corrected chi connectivity index (χ2v) is 4.24. The lowest BCUT2D eigenvalue weighted by molar-refractivity contribution is 0.625. The highest BCUT2D eigenvalue weighted by molar-refractivity contribution is 5.73. The van der Waals surface area contributed by atoms with Gasteiger partial charge in [-0.15, -0.1) is 0 Å². The van der Waals surface area contributed by atoms with Gasteiger partial charge in [0.25, 0.3) is 0 Å². The van der Waals surface area contributed by atoms with Crippen molar-refractivity contribution in [3.63, 3.8) is 0 Å². The molecule has 2 aromatic rings. The van der Waals surface area contributed by atoms with Crippen molar-refractivity contribution in [2.75, 3.05) is 0 Å². The van der Waals surface area contributed by atoms with Crippen molar-refractivity contribution in [1.29, 1.82) is 0 Å². The maximum Gasteiger partial charge on any atom is 0.107 e. The largest absolute Gasteiger partial charge is 0.341 e. The monoisotopic (exact) mass is 217 g/mol. The molecule has 0 saturated heterocycles. The lowest BCUT2D eigenvalue weighted by Crippen LogP contribution is -1.88. The molecule has 16 heavy (non-hydrogen) atoms. The van der Waals surface area contributed by atoms with Crippen LogP contribution in [0.25, 0.3) is 11.0 Å². The summed E-state index contributed by atoms with van der Waals surface area (Å²) in [7, 11) is 0. The van der Waals surface area contributed by atoms with E-state index in [-0.39, 0.29) is 0 Å². The van der Waals surface area contributed by atoms with E-state index in [4.69, 9.17) is 0 Å². The van der Waals surface area contributed by atoms with Crippen LogP contribution in [-0.2, 0) is 6.42 Å². The van der Waals surface area contributed by atoms with Crippen molar-refractivity contribution >= 4 is 11.0 Å². The van der Waals surface area contributed by atoms with Gasteiger partial charge in [-0.3, -0.25) is 4.98 Å². The minimum absolute atomic E-state index is 1.03. The second-order valence-electron chi connectivity index (χ2n) is 4.24. The molecule has 1 N–H and O–H groups in total. The maximum atomic E-state index is 4.53. The molecule has 0 radical (unpaired) electrons. The van der Waals surface area contributed by atoms with Gasteiger partial charge in [0.05, 0.1) is 17.2 Å². The number of aromatic amines is 1. The molecule has 0 unspecified atom stereocenters. The molecule has 0 aliphatic heterocycles. The van der Waals surface area contributed by atoms with Gasteiger partial charge in [0, 0.05) is 12.6 Å². The van der Waals surface area contributed by atoms with Gasteiger partial charge in [-0.2, -0.15) is 0 Å². The maximum absolute atomic E-state index is 4.53. The van der Waals surface area contributed by atoms with E-state index in [2.05, 4.69) is 21.9 Å². The standard InChI is InChI=1S/C13H19N3/c1-2-3-4-5-6-7-13-15-11-8-9-14-10-12(11)16-13/h8-10H,2-7H2,1H3,(H,15,16). The summed E-state index contributed by atoms with van der Waals surface area (Å²) >= 11 is 0. The van der Waals surface area contributed by atoms with Crippen LogP contribution in [-0.4, -0.2) is 15.0 Å². The number of H-pyrrole nitrogens is 1. The third-order valence-corrected chi connectivity index (χ3v) is 2.85. The fraction of sp³-hybridized carbons (Fsp3) is 0.538. The fourth-order valence-corrected chi connectivity index (χ4v) is 1.92. The molecule has 3 heteroatoms. The molecule has 0 bridgehead atoms. The molecule has 3 nitrogen and oxygen atoms in total. The van der Waals surface area contributed by atoms with Gasteiger partial charge in [-0.05, 0) is 12.5 Å². The molecule has 0 fully saturated rings. The van der Waals surface area contributed by atoms with E-state index in [0.29, 0.717) is 0 Å². The Morgan fingerprint density at radius 2 is 2.06 bits per heavy atom. The van der Waals surface area contributed by atoms with Crippen molar-refractivity contribution in [2.24, 2.45) is 0 Å². The van der Waals surface area contributed by atoms with Gasteiger partial charge in [-0.1, -0.05) is 32.6 Å². The predicted octanol–water partition coefficient (Wildman–Crippen LogP) is 3.47. The van der Waals surface area contributed by atoms with Gasteiger partial charge in [0.2, 0.25) is 0 Å². The van der Waals surface area contributed by atoms with E-state index in [0.717, 1.165) is 23.3 Å². The second kappa shape index (κ2) is 5.64. The Labute approximate surface area is 96.3 Å². The highest BCUT2D eigenvalue weighted by atomic mass is 14.9. The van der Waals surface area contributed by atoms with Crippen LogP contribution in [0.2, 0.25) is 0 Å². The van der Waals surface area contributed by atoms with E-state index in [1.54, 1.807) is 6.20 Å². The number of hydrogen-bond acceptors (Lipinski definition) is 2. The molecular formula is C13H19N3. The van der Waals surface area contributed by atoms with Crippen molar-refractivity contribution in [2.45, 2.75) is 45.4 Å². The van der Waals surface area contributed by atoms with Crippen LogP contribution in [0.3, 0.4) is 0 Å². The Balaban J connectivity index is 1.85. The summed E-state index contributed by atoms with van der Waals surface area (Å²) in [5.74, 6) is 1.10. The molecule has 2 rings (SSSR count). The first-order valence-corrected chi connectivity index (χ1v) is 6.18. The zero-order valence-corrected chi connectivity index (χ0v) is 9.87. The van der Waals surface area contributed by atoms with Crippen molar-refractivity contribution in [3.05, 3.63) is 24.3 Å². The number of unbranched alkanes of at least 4 members (excludes halogenated alkanes) is 4. The molecule has 0 aliphatic carbocycles. The highest BCUT2D eigenvalue weighted by Gasteiger charge is 2.01. The summed E-state index contributed by atoms with van der Waals surface area (Å²) in [5, 5.41) is 0. The summed E-state index contributed by atoms with van der Waals surface area (Å²) in [6.45, 7) is 2.24. The number of nitrogens with one attached hydrogen (secondary N) is 1. The predicted molar refractivity (Wildman–Crippen MR) is 66.4 cm³/mol. The van der Waals surface area contributed by atoms with Crippen LogP contribution < -0.4 is 0 Å². The highest BCUT2D eigenvalue weighted by Crippen LogP contribution is 2.11. The molecule has 0 aliphatic rings. The zero-order chi connectivity index (χ0) is 11.2. The minimum atomic E-state index is 1.03. The van der Waals surface area contributed by atoms with Crippen molar-refractivity contribution in [3.8, 4) is 0 Å². The van der Waals surface area contributed by atoms with E-state index in [9.17, 15) is 0 Å². The van der Waals surface area contributed by atoms with Crippen LogP contribution in [0.5, 0.6) is 0 Å². The first kappa shape index (κ1) is 11.1. The van der Waals surface area contributed by atoms with Gasteiger partial charge >= 0.3 is 0 Å². The first-order valence-electron chi connectivity index (χ1n) is 6.18. The molecule has 0 saturated carbocycles. The number of nitrogens with zero attached hydrogens (tertiary/aromatic N) is 2. The van der Waals surface area contributed by atoms with Gasteiger partial charge in [0.1, 0.15) is 5.82 Å². The number of aryl methyl sites for hydroxylation is 1. The summed E-state index contributed by atoms with van der Waals surface area (Å²) in [6, 6.07) is 1.95. The van der Waals surface area contributed by atoms with Crippen molar-refractivity contribution in [1.82, 2.24) is 15.0 Å². The lowest BCUT2D eigenvalue weighted by Gasteiger charge is -1.97. The number of hydrogen-bond donors (Lipinski definition) is 1. The zero-order valence-electron chi connectivity index (χ0n) is 9.87. The molecule has 0 aromatic carbocycles. The average molecular weight is 217 g/mol. The van der Waals surface area contributed by atoms with Crippen LogP contribution in [0, 0.1) is 0 Å². The van der Waals surface area contributed by atoms with Gasteiger partial charge in [-0.25, -0.2) is 4.98 Å². The third kappa shape index (κ3) is 2.81. The molecule has 0 spiro atoms. The molecule has 0 amide bonds. The average Bonchev–Trinajstić information content (AvgIpc) is 2.71. The third-order valence-electron chi connectivity index (χ3n) is 2.85. The summed E-state index contributed by atoms with van der Waals surface area (Å²) in [6.07, 6.45) is 11.2.